The van der Waals surface area contributed by atoms with Crippen molar-refractivity contribution in [2.24, 2.45) is 4.99 Å². The van der Waals surface area contributed by atoms with Gasteiger partial charge in [0.25, 0.3) is 5.91 Å². The van der Waals surface area contributed by atoms with Crippen molar-refractivity contribution in [1.29, 1.82) is 0 Å². The Kier molecular flexibility index (Phi) is 6.16. The Morgan fingerprint density at radius 1 is 1.00 bits per heavy atom. The van der Waals surface area contributed by atoms with E-state index in [0.717, 1.165) is 15.4 Å². The van der Waals surface area contributed by atoms with Crippen molar-refractivity contribution < 1.29 is 18.0 Å². The van der Waals surface area contributed by atoms with Gasteiger partial charge in [-0.1, -0.05) is 41.6 Å². The van der Waals surface area contributed by atoms with Gasteiger partial charge in [0.15, 0.2) is 0 Å². The highest BCUT2D eigenvalue weighted by molar-refractivity contribution is 7.99. The van der Waals surface area contributed by atoms with Gasteiger partial charge in [-0.3, -0.25) is 4.79 Å². The van der Waals surface area contributed by atoms with Crippen molar-refractivity contribution in [3.63, 3.8) is 0 Å². The van der Waals surface area contributed by atoms with Gasteiger partial charge < -0.3 is 5.32 Å². The number of rotatable bonds is 3. The van der Waals surface area contributed by atoms with E-state index >= 15 is 0 Å². The molecule has 3 nitrogen and oxygen atoms in total. The molecule has 34 heavy (non-hydrogen) atoms. The average Bonchev–Trinajstić information content (AvgIpc) is 2.96. The van der Waals surface area contributed by atoms with Crippen molar-refractivity contribution in [3.05, 3.63) is 88.2 Å². The lowest BCUT2D eigenvalue weighted by molar-refractivity contribution is -0.0399. The van der Waals surface area contributed by atoms with E-state index in [1.807, 2.05) is 30.3 Å². The number of nitrogens with one attached hydrogen (secondary N) is 1. The van der Waals surface area contributed by atoms with E-state index < -0.39 is 11.7 Å². The Hall–Kier alpha value is -2.77. The highest BCUT2D eigenvalue weighted by atomic mass is 35.5. The highest BCUT2D eigenvalue weighted by Gasteiger charge is 2.35. The number of amides is 1. The van der Waals surface area contributed by atoms with E-state index in [2.05, 4.69) is 5.32 Å². The molecule has 3 aromatic rings. The number of alkyl halides is 2. The molecular weight excluding hydrogens is 481 g/mol. The summed E-state index contributed by atoms with van der Waals surface area (Å²) in [5.74, 6) is -3.48. The highest BCUT2D eigenvalue weighted by Crippen LogP contribution is 2.42. The van der Waals surface area contributed by atoms with Gasteiger partial charge in [0.2, 0.25) is 5.92 Å². The molecule has 5 rings (SSSR count). The van der Waals surface area contributed by atoms with E-state index in [4.69, 9.17) is 16.6 Å². The first-order valence-corrected chi connectivity index (χ1v) is 12.1. The van der Waals surface area contributed by atoms with E-state index in [0.29, 0.717) is 22.5 Å². The molecular formula is C26H20ClF3N2OS. The van der Waals surface area contributed by atoms with E-state index in [-0.39, 0.29) is 42.7 Å². The number of halogens is 4. The minimum Gasteiger partial charge on any atom is -0.349 e. The molecule has 1 fully saturated rings. The molecule has 1 aliphatic heterocycles. The lowest BCUT2D eigenvalue weighted by Crippen LogP contribution is -2.40. The van der Waals surface area contributed by atoms with Crippen LogP contribution in [0.3, 0.4) is 0 Å². The van der Waals surface area contributed by atoms with Crippen LogP contribution in [0.15, 0.2) is 75.4 Å². The number of hydrogen-bond acceptors (Lipinski definition) is 3. The van der Waals surface area contributed by atoms with Crippen LogP contribution in [0, 0.1) is 5.82 Å². The van der Waals surface area contributed by atoms with Crippen LogP contribution in [0.2, 0.25) is 5.02 Å². The first kappa shape index (κ1) is 23.0. The van der Waals surface area contributed by atoms with Crippen molar-refractivity contribution in [2.75, 3.05) is 0 Å². The molecule has 2 aliphatic rings. The molecule has 0 unspecified atom stereocenters. The van der Waals surface area contributed by atoms with Crippen molar-refractivity contribution in [2.45, 2.75) is 47.4 Å². The molecule has 1 N–H and O–H groups in total. The van der Waals surface area contributed by atoms with Crippen molar-refractivity contribution >= 4 is 40.7 Å². The largest absolute Gasteiger partial charge is 0.349 e. The average molecular weight is 501 g/mol. The second-order valence-electron chi connectivity index (χ2n) is 8.47. The molecule has 3 aromatic carbocycles. The number of carbonyl (C=O) groups is 1. The third-order valence-electron chi connectivity index (χ3n) is 6.05. The van der Waals surface area contributed by atoms with Gasteiger partial charge >= 0.3 is 0 Å². The van der Waals surface area contributed by atoms with Gasteiger partial charge in [-0.25, -0.2) is 18.2 Å². The molecule has 0 bridgehead atoms. The zero-order chi connectivity index (χ0) is 23.9. The molecule has 0 radical (unpaired) electrons. The molecule has 174 valence electrons. The fourth-order valence-electron chi connectivity index (χ4n) is 4.22. The molecule has 1 aliphatic carbocycles. The normalized spacial score (nSPS) is 17.2. The summed E-state index contributed by atoms with van der Waals surface area (Å²) >= 11 is 7.44. The third kappa shape index (κ3) is 4.72. The van der Waals surface area contributed by atoms with Crippen LogP contribution in [-0.4, -0.2) is 23.6 Å². The van der Waals surface area contributed by atoms with E-state index in [9.17, 15) is 18.0 Å². The molecule has 1 amide bonds. The fourth-order valence-corrected chi connectivity index (χ4v) is 5.38. The summed E-state index contributed by atoms with van der Waals surface area (Å²) in [6.07, 6.45) is 0.0364. The minimum absolute atomic E-state index is 0.225. The van der Waals surface area contributed by atoms with Crippen LogP contribution < -0.4 is 5.32 Å². The molecule has 8 heteroatoms. The quantitative estimate of drug-likeness (QED) is 0.318. The number of aliphatic imine (C=N–C) groups is 1. The smallest absolute Gasteiger partial charge is 0.251 e. The van der Waals surface area contributed by atoms with Crippen molar-refractivity contribution in [3.8, 4) is 0 Å². The number of fused-ring (bicyclic) bond motifs is 2. The molecule has 0 spiro atoms. The summed E-state index contributed by atoms with van der Waals surface area (Å²) in [6, 6.07) is 16.9. The van der Waals surface area contributed by atoms with Gasteiger partial charge in [-0.2, -0.15) is 0 Å². The first-order valence-electron chi connectivity index (χ1n) is 10.9. The molecule has 1 saturated carbocycles. The van der Waals surface area contributed by atoms with Gasteiger partial charge in [-0.15, -0.1) is 0 Å². The number of nitrogens with zero attached hydrogens (tertiary/aromatic N) is 1. The molecule has 1 heterocycles. The Labute approximate surface area is 204 Å². The third-order valence-corrected chi connectivity index (χ3v) is 7.43. The van der Waals surface area contributed by atoms with Gasteiger partial charge in [-0.05, 0) is 55.3 Å². The monoisotopic (exact) mass is 500 g/mol. The maximum absolute atomic E-state index is 14.9. The SMILES string of the molecule is O=C(NC1CCC(F)(F)CC1)c1ccc2c(c1)N=C(c1ccc(Cl)cc1F)c1ccccc1S2. The predicted molar refractivity (Wildman–Crippen MR) is 128 cm³/mol. The molecule has 0 atom stereocenters. The van der Waals surface area contributed by atoms with Crippen LogP contribution >= 0.6 is 23.4 Å². The summed E-state index contributed by atoms with van der Waals surface area (Å²) in [5.41, 5.74) is 2.45. The van der Waals surface area contributed by atoms with Crippen LogP contribution in [0.5, 0.6) is 0 Å². The second kappa shape index (κ2) is 9.12. The maximum Gasteiger partial charge on any atom is 0.251 e. The topological polar surface area (TPSA) is 41.5 Å². The summed E-state index contributed by atoms with van der Waals surface area (Å²) in [6.45, 7) is 0. The van der Waals surface area contributed by atoms with Gasteiger partial charge in [0.1, 0.15) is 5.82 Å². The summed E-state index contributed by atoms with van der Waals surface area (Å²) in [5, 5.41) is 3.16. The van der Waals surface area contributed by atoms with Crippen LogP contribution in [0.1, 0.15) is 47.2 Å². The van der Waals surface area contributed by atoms with Gasteiger partial charge in [0.05, 0.1) is 11.4 Å². The molecule has 0 saturated heterocycles. The zero-order valence-electron chi connectivity index (χ0n) is 18.0. The maximum atomic E-state index is 14.9. The Bertz CT molecular complexity index is 1300. The number of benzene rings is 3. The molecule has 0 aromatic heterocycles. The Balaban J connectivity index is 1.50. The Morgan fingerprint density at radius 3 is 2.53 bits per heavy atom. The van der Waals surface area contributed by atoms with E-state index in [1.54, 1.807) is 24.3 Å². The second-order valence-corrected chi connectivity index (χ2v) is 9.99. The van der Waals surface area contributed by atoms with Crippen molar-refractivity contribution in [1.82, 2.24) is 5.32 Å². The van der Waals surface area contributed by atoms with Crippen LogP contribution in [0.4, 0.5) is 18.9 Å². The zero-order valence-corrected chi connectivity index (χ0v) is 19.5. The summed E-state index contributed by atoms with van der Waals surface area (Å²) < 4.78 is 41.8. The first-order chi connectivity index (χ1) is 16.3. The summed E-state index contributed by atoms with van der Waals surface area (Å²) in [4.78, 5) is 19.4. The fraction of sp³-hybridized carbons (Fsp3) is 0.231. The van der Waals surface area contributed by atoms with E-state index in [1.165, 1.54) is 17.8 Å². The lowest BCUT2D eigenvalue weighted by Gasteiger charge is -2.28. The standard InChI is InChI=1S/C26H20ClF3N2OS/c27-16-6-7-18(20(28)14-16)24-19-3-1-2-4-22(19)34-23-8-5-15(13-21(23)32-24)25(33)31-17-9-11-26(29,30)12-10-17/h1-8,13-14,17H,9-12H2,(H,31,33). The minimum atomic E-state index is -2.65. The number of hydrogen-bond donors (Lipinski definition) is 1. The lowest BCUT2D eigenvalue weighted by atomic mass is 9.92. The van der Waals surface area contributed by atoms with Crippen LogP contribution in [0.25, 0.3) is 0 Å². The van der Waals surface area contributed by atoms with Crippen LogP contribution in [-0.2, 0) is 0 Å². The predicted octanol–water partition coefficient (Wildman–Crippen LogP) is 7.42. The summed E-state index contributed by atoms with van der Waals surface area (Å²) in [7, 11) is 0. The van der Waals surface area contributed by atoms with Gasteiger partial charge in [0, 0.05) is 50.4 Å². The number of carbonyl (C=O) groups excluding carboxylic acids is 1. The Morgan fingerprint density at radius 2 is 1.76 bits per heavy atom.